The van der Waals surface area contributed by atoms with E-state index in [0.29, 0.717) is 11.7 Å². The van der Waals surface area contributed by atoms with Gasteiger partial charge in [-0.25, -0.2) is 4.98 Å². The SMILES string of the molecule is CC#CCCC[C@H](C)c1ccc(N)nc1. The van der Waals surface area contributed by atoms with Crippen LogP contribution in [-0.4, -0.2) is 4.98 Å². The van der Waals surface area contributed by atoms with Gasteiger partial charge in [0.15, 0.2) is 0 Å². The van der Waals surface area contributed by atoms with Crippen LogP contribution in [0.5, 0.6) is 0 Å². The molecular weight excluding hydrogens is 184 g/mol. The molecule has 0 aliphatic rings. The van der Waals surface area contributed by atoms with Gasteiger partial charge in [0.25, 0.3) is 0 Å². The zero-order chi connectivity index (χ0) is 11.1. The molecule has 0 unspecified atom stereocenters. The zero-order valence-electron chi connectivity index (χ0n) is 9.46. The lowest BCUT2D eigenvalue weighted by Crippen LogP contribution is -1.96. The number of nitrogens with two attached hydrogens (primary N) is 1. The smallest absolute Gasteiger partial charge is 0.123 e. The van der Waals surface area contributed by atoms with Crippen molar-refractivity contribution in [1.82, 2.24) is 4.98 Å². The van der Waals surface area contributed by atoms with Crippen LogP contribution in [0.2, 0.25) is 0 Å². The Balaban J connectivity index is 2.41. The molecule has 2 N–H and O–H groups in total. The number of nitrogens with zero attached hydrogens (tertiary/aromatic N) is 1. The molecule has 1 atom stereocenters. The Morgan fingerprint density at radius 3 is 2.87 bits per heavy atom. The van der Waals surface area contributed by atoms with Crippen LogP contribution in [-0.2, 0) is 0 Å². The van der Waals surface area contributed by atoms with Crippen molar-refractivity contribution in [3.8, 4) is 11.8 Å². The second kappa shape index (κ2) is 6.08. The van der Waals surface area contributed by atoms with Crippen LogP contribution in [0.3, 0.4) is 0 Å². The molecule has 0 bridgehead atoms. The summed E-state index contributed by atoms with van der Waals surface area (Å²) in [4.78, 5) is 4.09. The van der Waals surface area contributed by atoms with Crippen LogP contribution in [0.4, 0.5) is 5.82 Å². The average molecular weight is 202 g/mol. The number of hydrogen-bond donors (Lipinski definition) is 1. The molecule has 0 saturated heterocycles. The fourth-order valence-electron chi connectivity index (χ4n) is 1.50. The number of pyridine rings is 1. The van der Waals surface area contributed by atoms with Gasteiger partial charge in [-0.1, -0.05) is 13.0 Å². The second-order valence-electron chi connectivity index (χ2n) is 3.74. The van der Waals surface area contributed by atoms with Gasteiger partial charge in [-0.15, -0.1) is 11.8 Å². The molecule has 1 aromatic rings. The molecule has 80 valence electrons. The number of nitrogen functional groups attached to an aromatic ring is 1. The maximum atomic E-state index is 5.54. The maximum absolute atomic E-state index is 5.54. The predicted octanol–water partition coefficient (Wildman–Crippen LogP) is 2.96. The molecule has 15 heavy (non-hydrogen) atoms. The Morgan fingerprint density at radius 2 is 2.27 bits per heavy atom. The molecule has 2 heteroatoms. The van der Waals surface area contributed by atoms with Gasteiger partial charge in [0, 0.05) is 12.6 Å². The first-order valence-corrected chi connectivity index (χ1v) is 5.35. The molecule has 0 saturated carbocycles. The first-order chi connectivity index (χ1) is 7.24. The molecule has 0 aromatic carbocycles. The highest BCUT2D eigenvalue weighted by atomic mass is 14.8. The van der Waals surface area contributed by atoms with Gasteiger partial charge in [0.2, 0.25) is 0 Å². The summed E-state index contributed by atoms with van der Waals surface area (Å²) in [6.07, 6.45) is 5.15. The highest BCUT2D eigenvalue weighted by Crippen LogP contribution is 2.20. The van der Waals surface area contributed by atoms with Gasteiger partial charge in [0.05, 0.1) is 0 Å². The molecular formula is C13H18N2. The van der Waals surface area contributed by atoms with E-state index in [1.165, 1.54) is 5.56 Å². The third kappa shape index (κ3) is 4.03. The second-order valence-corrected chi connectivity index (χ2v) is 3.74. The van der Waals surface area contributed by atoms with E-state index in [0.717, 1.165) is 19.3 Å². The Bertz CT molecular complexity index is 343. The van der Waals surface area contributed by atoms with Gasteiger partial charge in [-0.2, -0.15) is 0 Å². The van der Waals surface area contributed by atoms with E-state index < -0.39 is 0 Å². The minimum atomic E-state index is 0.539. The van der Waals surface area contributed by atoms with Gasteiger partial charge in [-0.05, 0) is 37.3 Å². The summed E-state index contributed by atoms with van der Waals surface area (Å²) in [5.74, 6) is 7.11. The molecule has 0 aliphatic heterocycles. The minimum Gasteiger partial charge on any atom is -0.384 e. The van der Waals surface area contributed by atoms with Crippen molar-refractivity contribution >= 4 is 5.82 Å². The number of anilines is 1. The van der Waals surface area contributed by atoms with E-state index in [1.807, 2.05) is 19.2 Å². The van der Waals surface area contributed by atoms with Crippen molar-refractivity contribution in [2.75, 3.05) is 5.73 Å². The Kier molecular flexibility index (Phi) is 4.70. The molecule has 0 amide bonds. The van der Waals surface area contributed by atoms with Crippen LogP contribution >= 0.6 is 0 Å². The fourth-order valence-corrected chi connectivity index (χ4v) is 1.50. The Hall–Kier alpha value is -1.49. The van der Waals surface area contributed by atoms with Crippen LogP contribution in [0.15, 0.2) is 18.3 Å². The summed E-state index contributed by atoms with van der Waals surface area (Å²) in [6, 6.07) is 3.91. The molecule has 1 rings (SSSR count). The third-order valence-electron chi connectivity index (χ3n) is 2.49. The summed E-state index contributed by atoms with van der Waals surface area (Å²) in [7, 11) is 0. The third-order valence-corrected chi connectivity index (χ3v) is 2.49. The highest BCUT2D eigenvalue weighted by molar-refractivity contribution is 5.30. The number of rotatable bonds is 4. The van der Waals surface area contributed by atoms with Gasteiger partial charge in [-0.3, -0.25) is 0 Å². The van der Waals surface area contributed by atoms with E-state index >= 15 is 0 Å². The average Bonchev–Trinajstić information content (AvgIpc) is 2.25. The van der Waals surface area contributed by atoms with Gasteiger partial charge >= 0.3 is 0 Å². The summed E-state index contributed by atoms with van der Waals surface area (Å²) >= 11 is 0. The predicted molar refractivity (Wildman–Crippen MR) is 64.4 cm³/mol. The lowest BCUT2D eigenvalue weighted by Gasteiger charge is -2.10. The quantitative estimate of drug-likeness (QED) is 0.602. The molecule has 0 fully saturated rings. The maximum Gasteiger partial charge on any atom is 0.123 e. The fraction of sp³-hybridized carbons (Fsp3) is 0.462. The van der Waals surface area contributed by atoms with Crippen molar-refractivity contribution in [2.45, 2.75) is 39.0 Å². The molecule has 0 radical (unpaired) electrons. The lowest BCUT2D eigenvalue weighted by molar-refractivity contribution is 0.643. The molecule has 2 nitrogen and oxygen atoms in total. The van der Waals surface area contributed by atoms with Crippen molar-refractivity contribution in [3.63, 3.8) is 0 Å². The number of unbranched alkanes of at least 4 members (excludes halogenated alkanes) is 1. The van der Waals surface area contributed by atoms with Gasteiger partial charge < -0.3 is 5.73 Å². The molecule has 0 spiro atoms. The van der Waals surface area contributed by atoms with Crippen LogP contribution in [0.1, 0.15) is 44.6 Å². The van der Waals surface area contributed by atoms with Crippen LogP contribution in [0.25, 0.3) is 0 Å². The van der Waals surface area contributed by atoms with E-state index in [-0.39, 0.29) is 0 Å². The normalized spacial score (nSPS) is 11.6. The summed E-state index contributed by atoms with van der Waals surface area (Å²) in [5, 5.41) is 0. The Labute approximate surface area is 91.9 Å². The van der Waals surface area contributed by atoms with E-state index in [2.05, 4.69) is 29.8 Å². The van der Waals surface area contributed by atoms with E-state index in [9.17, 15) is 0 Å². The van der Waals surface area contributed by atoms with Gasteiger partial charge in [0.1, 0.15) is 5.82 Å². The highest BCUT2D eigenvalue weighted by Gasteiger charge is 2.04. The topological polar surface area (TPSA) is 38.9 Å². The first-order valence-electron chi connectivity index (χ1n) is 5.35. The number of aromatic nitrogens is 1. The van der Waals surface area contributed by atoms with E-state index in [1.54, 1.807) is 0 Å². The Morgan fingerprint density at radius 1 is 1.47 bits per heavy atom. The monoisotopic (exact) mass is 202 g/mol. The molecule has 1 heterocycles. The van der Waals surface area contributed by atoms with Crippen molar-refractivity contribution in [3.05, 3.63) is 23.9 Å². The summed E-state index contributed by atoms with van der Waals surface area (Å²) in [5.41, 5.74) is 6.80. The van der Waals surface area contributed by atoms with Crippen LogP contribution < -0.4 is 5.73 Å². The zero-order valence-corrected chi connectivity index (χ0v) is 9.46. The first kappa shape index (κ1) is 11.6. The minimum absolute atomic E-state index is 0.539. The van der Waals surface area contributed by atoms with Crippen molar-refractivity contribution in [2.24, 2.45) is 0 Å². The van der Waals surface area contributed by atoms with Crippen LogP contribution in [0, 0.1) is 11.8 Å². The van der Waals surface area contributed by atoms with Crippen molar-refractivity contribution < 1.29 is 0 Å². The van der Waals surface area contributed by atoms with E-state index in [4.69, 9.17) is 5.73 Å². The standard InChI is InChI=1S/C13H18N2/c1-3-4-5-6-7-11(2)12-8-9-13(14)15-10-12/h8-11H,5-7H2,1-2H3,(H2,14,15)/t11-/m0/s1. The molecule has 0 aliphatic carbocycles. The summed E-state index contributed by atoms with van der Waals surface area (Å²) in [6.45, 7) is 4.10. The largest absolute Gasteiger partial charge is 0.384 e. The molecule has 1 aromatic heterocycles. The number of hydrogen-bond acceptors (Lipinski definition) is 2. The van der Waals surface area contributed by atoms with Crippen molar-refractivity contribution in [1.29, 1.82) is 0 Å². The lowest BCUT2D eigenvalue weighted by atomic mass is 9.97. The summed E-state index contributed by atoms with van der Waals surface area (Å²) < 4.78 is 0.